The number of halogens is 1. The highest BCUT2D eigenvalue weighted by molar-refractivity contribution is 7.99. The van der Waals surface area contributed by atoms with E-state index in [2.05, 4.69) is 18.3 Å². The lowest BCUT2D eigenvalue weighted by molar-refractivity contribution is -0.141. The van der Waals surface area contributed by atoms with E-state index in [-0.39, 0.29) is 11.8 Å². The third-order valence-electron chi connectivity index (χ3n) is 5.93. The van der Waals surface area contributed by atoms with Crippen molar-refractivity contribution in [1.82, 2.24) is 10.2 Å². The number of benzene rings is 3. The number of unbranched alkanes of at least 4 members (excludes halogenated alkanes) is 1. The van der Waals surface area contributed by atoms with Gasteiger partial charge in [-0.15, -0.1) is 11.8 Å². The Morgan fingerprint density at radius 1 is 0.972 bits per heavy atom. The van der Waals surface area contributed by atoms with Crippen LogP contribution in [-0.2, 0) is 22.6 Å². The van der Waals surface area contributed by atoms with E-state index in [0.29, 0.717) is 36.7 Å². The maximum Gasteiger partial charge on any atom is 0.243 e. The maximum absolute atomic E-state index is 13.7. The van der Waals surface area contributed by atoms with Gasteiger partial charge in [-0.3, -0.25) is 9.59 Å². The zero-order valence-corrected chi connectivity index (χ0v) is 22.7. The van der Waals surface area contributed by atoms with Crippen LogP contribution in [0.2, 0.25) is 5.02 Å². The van der Waals surface area contributed by atoms with Gasteiger partial charge in [-0.05, 0) is 48.7 Å². The van der Waals surface area contributed by atoms with E-state index in [1.165, 1.54) is 0 Å². The SMILES string of the molecule is CCCCNC(=O)C(Cc1ccccc1)N(Cc1cccc(C)c1)C(=O)CCSc1ccc(Cl)cc1. The summed E-state index contributed by atoms with van der Waals surface area (Å²) >= 11 is 7.61. The molecule has 1 unspecified atom stereocenters. The summed E-state index contributed by atoms with van der Waals surface area (Å²) in [5.74, 6) is 0.503. The molecule has 0 spiro atoms. The molecule has 0 saturated heterocycles. The number of nitrogens with zero attached hydrogens (tertiary/aromatic N) is 1. The predicted molar refractivity (Wildman–Crippen MR) is 150 cm³/mol. The summed E-state index contributed by atoms with van der Waals surface area (Å²) in [5.41, 5.74) is 3.18. The topological polar surface area (TPSA) is 49.4 Å². The molecule has 0 bridgehead atoms. The molecule has 36 heavy (non-hydrogen) atoms. The molecule has 1 atom stereocenters. The van der Waals surface area contributed by atoms with Gasteiger partial charge in [-0.1, -0.05) is 85.1 Å². The van der Waals surface area contributed by atoms with Crippen LogP contribution in [0.4, 0.5) is 0 Å². The van der Waals surface area contributed by atoms with Crippen LogP contribution < -0.4 is 5.32 Å². The first-order valence-corrected chi connectivity index (χ1v) is 13.9. The number of carbonyl (C=O) groups excluding carboxylic acids is 2. The molecule has 4 nitrogen and oxygen atoms in total. The lowest BCUT2D eigenvalue weighted by Gasteiger charge is -2.32. The molecular formula is C30H35ClN2O2S. The zero-order valence-electron chi connectivity index (χ0n) is 21.1. The summed E-state index contributed by atoms with van der Waals surface area (Å²) in [6.07, 6.45) is 2.72. The standard InChI is InChI=1S/C30H35ClN2O2S/c1-3-4-18-32-30(35)28(21-24-10-6-5-7-11-24)33(22-25-12-8-9-23(2)20-25)29(34)17-19-36-27-15-13-26(31)14-16-27/h5-16,20,28H,3-4,17-19,21-22H2,1-2H3,(H,32,35). The van der Waals surface area contributed by atoms with Gasteiger partial charge in [0.1, 0.15) is 6.04 Å². The number of rotatable bonds is 13. The van der Waals surface area contributed by atoms with Crippen molar-refractivity contribution in [2.75, 3.05) is 12.3 Å². The highest BCUT2D eigenvalue weighted by atomic mass is 35.5. The number of hydrogen-bond donors (Lipinski definition) is 1. The first kappa shape index (κ1) is 27.8. The van der Waals surface area contributed by atoms with Crippen LogP contribution in [-0.4, -0.2) is 35.1 Å². The van der Waals surface area contributed by atoms with E-state index >= 15 is 0 Å². The second-order valence-electron chi connectivity index (χ2n) is 8.91. The Bertz CT molecular complexity index is 1110. The zero-order chi connectivity index (χ0) is 25.8. The molecule has 0 aromatic heterocycles. The van der Waals surface area contributed by atoms with E-state index in [1.54, 1.807) is 16.7 Å². The predicted octanol–water partition coefficient (Wildman–Crippen LogP) is 6.69. The minimum absolute atomic E-state index is 0.0236. The molecule has 3 aromatic carbocycles. The first-order valence-electron chi connectivity index (χ1n) is 12.5. The van der Waals surface area contributed by atoms with E-state index in [9.17, 15) is 9.59 Å². The smallest absolute Gasteiger partial charge is 0.243 e. The highest BCUT2D eigenvalue weighted by Crippen LogP contribution is 2.23. The van der Waals surface area contributed by atoms with Crippen molar-refractivity contribution in [2.45, 2.75) is 57.0 Å². The molecule has 0 fully saturated rings. The van der Waals surface area contributed by atoms with Gasteiger partial charge in [0.2, 0.25) is 11.8 Å². The third kappa shape index (κ3) is 9.03. The molecule has 6 heteroatoms. The molecule has 190 valence electrons. The summed E-state index contributed by atoms with van der Waals surface area (Å²) in [6.45, 7) is 5.14. The van der Waals surface area contributed by atoms with Crippen molar-refractivity contribution in [1.29, 1.82) is 0 Å². The second-order valence-corrected chi connectivity index (χ2v) is 10.5. The Hall–Kier alpha value is -2.76. The fourth-order valence-corrected chi connectivity index (χ4v) is 4.96. The van der Waals surface area contributed by atoms with E-state index < -0.39 is 6.04 Å². The minimum Gasteiger partial charge on any atom is -0.354 e. The van der Waals surface area contributed by atoms with Crippen molar-refractivity contribution in [2.24, 2.45) is 0 Å². The lowest BCUT2D eigenvalue weighted by Crippen LogP contribution is -2.50. The molecule has 0 aliphatic rings. The van der Waals surface area contributed by atoms with Crippen molar-refractivity contribution in [3.8, 4) is 0 Å². The van der Waals surface area contributed by atoms with Crippen molar-refractivity contribution < 1.29 is 9.59 Å². The molecule has 0 aliphatic heterocycles. The van der Waals surface area contributed by atoms with Gasteiger partial charge < -0.3 is 10.2 Å². The van der Waals surface area contributed by atoms with Crippen LogP contribution in [0, 0.1) is 6.92 Å². The summed E-state index contributed by atoms with van der Waals surface area (Å²) < 4.78 is 0. The number of hydrogen-bond acceptors (Lipinski definition) is 3. The normalized spacial score (nSPS) is 11.6. The minimum atomic E-state index is -0.585. The fraction of sp³-hybridized carbons (Fsp3) is 0.333. The van der Waals surface area contributed by atoms with Gasteiger partial charge in [0, 0.05) is 41.6 Å². The monoisotopic (exact) mass is 522 g/mol. The Labute approximate surface area is 224 Å². The van der Waals surface area contributed by atoms with E-state index in [0.717, 1.165) is 34.4 Å². The Morgan fingerprint density at radius 2 is 1.69 bits per heavy atom. The van der Waals surface area contributed by atoms with Gasteiger partial charge in [-0.25, -0.2) is 0 Å². The average Bonchev–Trinajstić information content (AvgIpc) is 2.88. The van der Waals surface area contributed by atoms with Crippen LogP contribution >= 0.6 is 23.4 Å². The van der Waals surface area contributed by atoms with E-state index in [1.807, 2.05) is 79.7 Å². The quantitative estimate of drug-likeness (QED) is 0.201. The Morgan fingerprint density at radius 3 is 2.39 bits per heavy atom. The van der Waals surface area contributed by atoms with Gasteiger partial charge in [0.15, 0.2) is 0 Å². The van der Waals surface area contributed by atoms with E-state index in [4.69, 9.17) is 11.6 Å². The fourth-order valence-electron chi connectivity index (χ4n) is 4.00. The van der Waals surface area contributed by atoms with Gasteiger partial charge in [0.05, 0.1) is 0 Å². The van der Waals surface area contributed by atoms with Crippen LogP contribution in [0.5, 0.6) is 0 Å². The summed E-state index contributed by atoms with van der Waals surface area (Å²) in [4.78, 5) is 29.9. The number of amides is 2. The molecule has 1 N–H and O–H groups in total. The molecule has 3 rings (SSSR count). The average molecular weight is 523 g/mol. The Balaban J connectivity index is 1.82. The second kappa shape index (κ2) is 14.7. The summed E-state index contributed by atoms with van der Waals surface area (Å²) in [7, 11) is 0. The molecule has 3 aromatic rings. The van der Waals surface area contributed by atoms with Crippen LogP contribution in [0.3, 0.4) is 0 Å². The molecular weight excluding hydrogens is 488 g/mol. The number of thioether (sulfide) groups is 1. The summed E-state index contributed by atoms with van der Waals surface area (Å²) in [5, 5.41) is 3.77. The van der Waals surface area contributed by atoms with Gasteiger partial charge in [0.25, 0.3) is 0 Å². The maximum atomic E-state index is 13.7. The number of aryl methyl sites for hydroxylation is 1. The molecule has 0 aliphatic carbocycles. The highest BCUT2D eigenvalue weighted by Gasteiger charge is 2.30. The summed E-state index contributed by atoms with van der Waals surface area (Å²) in [6, 6.07) is 25.1. The third-order valence-corrected chi connectivity index (χ3v) is 7.20. The first-order chi connectivity index (χ1) is 17.5. The van der Waals surface area contributed by atoms with Gasteiger partial charge in [-0.2, -0.15) is 0 Å². The largest absolute Gasteiger partial charge is 0.354 e. The number of carbonyl (C=O) groups is 2. The van der Waals surface area contributed by atoms with Crippen LogP contribution in [0.15, 0.2) is 83.8 Å². The molecule has 0 heterocycles. The molecule has 0 radical (unpaired) electrons. The molecule has 2 amide bonds. The molecule has 0 saturated carbocycles. The van der Waals surface area contributed by atoms with Gasteiger partial charge >= 0.3 is 0 Å². The van der Waals surface area contributed by atoms with Crippen LogP contribution in [0.1, 0.15) is 42.9 Å². The van der Waals surface area contributed by atoms with Crippen LogP contribution in [0.25, 0.3) is 0 Å². The number of nitrogens with one attached hydrogen (secondary N) is 1. The van der Waals surface area contributed by atoms with Crippen molar-refractivity contribution in [3.05, 3.63) is 101 Å². The Kier molecular flexibility index (Phi) is 11.4. The van der Waals surface area contributed by atoms with Crippen molar-refractivity contribution >= 4 is 35.2 Å². The van der Waals surface area contributed by atoms with Crippen molar-refractivity contribution in [3.63, 3.8) is 0 Å². The lowest BCUT2D eigenvalue weighted by atomic mass is 10.0.